The van der Waals surface area contributed by atoms with E-state index >= 15 is 0 Å². The normalized spacial score (nSPS) is 14.3. The molecule has 0 unspecified atom stereocenters. The van der Waals surface area contributed by atoms with Crippen molar-refractivity contribution in [3.8, 4) is 11.3 Å². The van der Waals surface area contributed by atoms with Crippen molar-refractivity contribution in [3.63, 3.8) is 0 Å². The van der Waals surface area contributed by atoms with E-state index < -0.39 is 11.7 Å². The second-order valence-corrected chi connectivity index (χ2v) is 6.30. The Morgan fingerprint density at radius 3 is 2.58 bits per heavy atom. The number of anilines is 1. The minimum absolute atomic E-state index is 0.489. The van der Waals surface area contributed by atoms with Gasteiger partial charge in [0, 0.05) is 36.4 Å². The van der Waals surface area contributed by atoms with Crippen molar-refractivity contribution in [2.75, 3.05) is 11.4 Å². The number of fused-ring (bicyclic) bond motifs is 1. The number of rotatable bonds is 3. The Balaban J connectivity index is 1.63. The second-order valence-electron chi connectivity index (χ2n) is 6.30. The van der Waals surface area contributed by atoms with Gasteiger partial charge in [-0.1, -0.05) is 0 Å². The number of hydrogen-bond acceptors (Lipinski definition) is 3. The predicted molar refractivity (Wildman–Crippen MR) is 92.6 cm³/mol. The lowest BCUT2D eigenvalue weighted by Crippen LogP contribution is -2.32. The molecular formula is C19H17F3N4. The fourth-order valence-electron chi connectivity index (χ4n) is 3.37. The van der Waals surface area contributed by atoms with Crippen LogP contribution in [0.5, 0.6) is 0 Å². The number of hydrogen-bond donors (Lipinski definition) is 0. The summed E-state index contributed by atoms with van der Waals surface area (Å²) in [6, 6.07) is 9.75. The highest BCUT2D eigenvalue weighted by atomic mass is 19.4. The maximum atomic E-state index is 13.0. The second kappa shape index (κ2) is 6.48. The molecule has 2 aromatic heterocycles. The molecule has 3 aromatic rings. The van der Waals surface area contributed by atoms with E-state index in [1.807, 2.05) is 22.9 Å². The van der Waals surface area contributed by atoms with E-state index in [1.54, 1.807) is 24.7 Å². The summed E-state index contributed by atoms with van der Waals surface area (Å²) in [5, 5.41) is 4.39. The topological polar surface area (TPSA) is 34.0 Å². The molecule has 4 nitrogen and oxygen atoms in total. The monoisotopic (exact) mass is 358 g/mol. The first kappa shape index (κ1) is 16.6. The van der Waals surface area contributed by atoms with Crippen molar-refractivity contribution in [2.45, 2.75) is 25.7 Å². The van der Waals surface area contributed by atoms with Gasteiger partial charge in [-0.15, -0.1) is 0 Å². The summed E-state index contributed by atoms with van der Waals surface area (Å²) < 4.78 is 40.8. The fraction of sp³-hybridized carbons (Fsp3) is 0.263. The Hall–Kier alpha value is -2.83. The van der Waals surface area contributed by atoms with Crippen LogP contribution < -0.4 is 4.90 Å². The number of nitrogens with zero attached hydrogens (tertiary/aromatic N) is 4. The lowest BCUT2D eigenvalue weighted by Gasteiger charge is -2.32. The molecule has 0 amide bonds. The third kappa shape index (κ3) is 3.16. The Labute approximate surface area is 148 Å². The molecule has 3 heterocycles. The summed E-state index contributed by atoms with van der Waals surface area (Å²) >= 11 is 0. The fourth-order valence-corrected chi connectivity index (χ4v) is 3.37. The van der Waals surface area contributed by atoms with E-state index in [9.17, 15) is 13.2 Å². The first-order valence-corrected chi connectivity index (χ1v) is 8.40. The molecule has 0 saturated carbocycles. The van der Waals surface area contributed by atoms with Gasteiger partial charge < -0.3 is 4.90 Å². The quantitative estimate of drug-likeness (QED) is 0.697. The summed E-state index contributed by atoms with van der Waals surface area (Å²) in [5.41, 5.74) is 2.95. The van der Waals surface area contributed by atoms with Crippen LogP contribution >= 0.6 is 0 Å². The molecule has 0 saturated heterocycles. The minimum Gasteiger partial charge on any atom is -0.352 e. The van der Waals surface area contributed by atoms with E-state index in [0.717, 1.165) is 41.5 Å². The minimum atomic E-state index is -4.31. The number of halogens is 3. The summed E-state index contributed by atoms with van der Waals surface area (Å²) in [6.07, 6.45) is 2.34. The summed E-state index contributed by atoms with van der Waals surface area (Å²) in [6.45, 7) is 1.27. The predicted octanol–water partition coefficient (Wildman–Crippen LogP) is 4.37. The molecule has 26 heavy (non-hydrogen) atoms. The van der Waals surface area contributed by atoms with Gasteiger partial charge in [-0.3, -0.25) is 4.98 Å². The molecule has 0 bridgehead atoms. The molecule has 0 N–H and O–H groups in total. The van der Waals surface area contributed by atoms with Crippen LogP contribution in [0.15, 0.2) is 55.0 Å². The molecule has 0 spiro atoms. The Morgan fingerprint density at radius 1 is 1.00 bits per heavy atom. The molecule has 7 heteroatoms. The van der Waals surface area contributed by atoms with Crippen molar-refractivity contribution in [1.29, 1.82) is 0 Å². The van der Waals surface area contributed by atoms with Crippen LogP contribution in [-0.4, -0.2) is 21.3 Å². The zero-order valence-electron chi connectivity index (χ0n) is 13.9. The lowest BCUT2D eigenvalue weighted by molar-refractivity contribution is -0.137. The average Bonchev–Trinajstić information content (AvgIpc) is 3.10. The van der Waals surface area contributed by atoms with E-state index in [1.165, 1.54) is 6.07 Å². The van der Waals surface area contributed by atoms with Crippen LogP contribution in [-0.2, 0) is 19.3 Å². The van der Waals surface area contributed by atoms with Crippen molar-refractivity contribution in [1.82, 2.24) is 14.8 Å². The Bertz CT molecular complexity index is 903. The molecule has 0 aliphatic carbocycles. The van der Waals surface area contributed by atoms with Crippen LogP contribution in [0.25, 0.3) is 11.3 Å². The standard InChI is InChI=1S/C19H17F3N4/c20-19(21,22)16-3-4-17-15(12-16)2-1-11-25(17)13-26-18(7-10-24-26)14-5-8-23-9-6-14/h3-10,12H,1-2,11,13H2. The highest BCUT2D eigenvalue weighted by Crippen LogP contribution is 2.35. The molecule has 134 valence electrons. The van der Waals surface area contributed by atoms with Crippen molar-refractivity contribution in [2.24, 2.45) is 0 Å². The molecule has 1 aliphatic rings. The van der Waals surface area contributed by atoms with Crippen LogP contribution in [0.2, 0.25) is 0 Å². The van der Waals surface area contributed by atoms with E-state index in [4.69, 9.17) is 0 Å². The molecular weight excluding hydrogens is 341 g/mol. The average molecular weight is 358 g/mol. The highest BCUT2D eigenvalue weighted by Gasteiger charge is 2.32. The van der Waals surface area contributed by atoms with Crippen LogP contribution in [0.1, 0.15) is 17.5 Å². The maximum absolute atomic E-state index is 13.0. The Kier molecular flexibility index (Phi) is 4.14. The van der Waals surface area contributed by atoms with Crippen molar-refractivity contribution in [3.05, 3.63) is 66.1 Å². The lowest BCUT2D eigenvalue weighted by atomic mass is 9.99. The molecule has 0 radical (unpaired) electrons. The summed E-state index contributed by atoms with van der Waals surface area (Å²) in [4.78, 5) is 6.11. The number of alkyl halides is 3. The van der Waals surface area contributed by atoms with Gasteiger partial charge in [0.2, 0.25) is 0 Å². The van der Waals surface area contributed by atoms with Gasteiger partial charge in [-0.25, -0.2) is 4.68 Å². The largest absolute Gasteiger partial charge is 0.416 e. The first-order valence-electron chi connectivity index (χ1n) is 8.40. The number of aromatic nitrogens is 3. The van der Waals surface area contributed by atoms with Gasteiger partial charge in [-0.05, 0) is 54.8 Å². The zero-order chi connectivity index (χ0) is 18.1. The van der Waals surface area contributed by atoms with Gasteiger partial charge in [0.1, 0.15) is 6.67 Å². The zero-order valence-corrected chi connectivity index (χ0v) is 13.9. The molecule has 1 aliphatic heterocycles. The molecule has 0 atom stereocenters. The number of aryl methyl sites for hydroxylation is 1. The molecule has 1 aromatic carbocycles. The molecule has 4 rings (SSSR count). The van der Waals surface area contributed by atoms with E-state index in [-0.39, 0.29) is 0 Å². The van der Waals surface area contributed by atoms with E-state index in [0.29, 0.717) is 13.1 Å². The van der Waals surface area contributed by atoms with Gasteiger partial charge >= 0.3 is 6.18 Å². The third-order valence-corrected chi connectivity index (χ3v) is 4.62. The summed E-state index contributed by atoms with van der Waals surface area (Å²) in [5.74, 6) is 0. The SMILES string of the molecule is FC(F)(F)c1ccc2c(c1)CCCN2Cn1nccc1-c1ccncc1. The third-order valence-electron chi connectivity index (χ3n) is 4.62. The first-order chi connectivity index (χ1) is 12.5. The van der Waals surface area contributed by atoms with Crippen LogP contribution in [0.4, 0.5) is 18.9 Å². The smallest absolute Gasteiger partial charge is 0.352 e. The maximum Gasteiger partial charge on any atom is 0.416 e. The summed E-state index contributed by atoms with van der Waals surface area (Å²) in [7, 11) is 0. The van der Waals surface area contributed by atoms with Gasteiger partial charge in [-0.2, -0.15) is 18.3 Å². The van der Waals surface area contributed by atoms with Gasteiger partial charge in [0.15, 0.2) is 0 Å². The van der Waals surface area contributed by atoms with Crippen LogP contribution in [0, 0.1) is 0 Å². The number of benzene rings is 1. The van der Waals surface area contributed by atoms with Crippen LogP contribution in [0.3, 0.4) is 0 Å². The van der Waals surface area contributed by atoms with Gasteiger partial charge in [0.05, 0.1) is 11.3 Å². The highest BCUT2D eigenvalue weighted by molar-refractivity contribution is 5.60. The Morgan fingerprint density at radius 2 is 1.81 bits per heavy atom. The molecule has 0 fully saturated rings. The van der Waals surface area contributed by atoms with Crippen molar-refractivity contribution >= 4 is 5.69 Å². The van der Waals surface area contributed by atoms with E-state index in [2.05, 4.69) is 15.0 Å². The van der Waals surface area contributed by atoms with Crippen molar-refractivity contribution < 1.29 is 13.2 Å². The van der Waals surface area contributed by atoms with Gasteiger partial charge in [0.25, 0.3) is 0 Å². The number of pyridine rings is 1.